The minimum Gasteiger partial charge on any atom is -0.507 e. The topological polar surface area (TPSA) is 61.7 Å². The van der Waals surface area contributed by atoms with Gasteiger partial charge in [0.15, 0.2) is 5.17 Å². The Balaban J connectivity index is 1.87. The normalized spacial score (nSPS) is 17.5. The number of phenolic OH excluding ortho intramolecular Hbond substituents is 1. The van der Waals surface area contributed by atoms with Crippen LogP contribution in [0.1, 0.15) is 11.1 Å². The summed E-state index contributed by atoms with van der Waals surface area (Å²) in [7, 11) is 0. The second-order valence-corrected chi connectivity index (χ2v) is 6.99. The van der Waals surface area contributed by atoms with Gasteiger partial charge >= 0.3 is 0 Å². The number of benzene rings is 2. The van der Waals surface area contributed by atoms with Crippen molar-refractivity contribution in [2.45, 2.75) is 6.92 Å². The Kier molecular flexibility index (Phi) is 4.85. The first-order valence-corrected chi connectivity index (χ1v) is 8.54. The van der Waals surface area contributed by atoms with Gasteiger partial charge in [-0.2, -0.15) is 0 Å². The molecule has 0 spiro atoms. The first-order chi connectivity index (χ1) is 11.4. The van der Waals surface area contributed by atoms with E-state index >= 15 is 0 Å². The van der Waals surface area contributed by atoms with Crippen LogP contribution in [0.15, 0.2) is 46.3 Å². The highest BCUT2D eigenvalue weighted by molar-refractivity contribution is 8.18. The first-order valence-electron chi connectivity index (χ1n) is 6.96. The number of nitrogens with one attached hydrogen (secondary N) is 1. The molecule has 1 saturated heterocycles. The van der Waals surface area contributed by atoms with Crippen LogP contribution in [0.5, 0.6) is 5.75 Å². The van der Waals surface area contributed by atoms with Gasteiger partial charge in [0.1, 0.15) is 5.75 Å². The SMILES string of the molecule is Cc1ccc(N=C2NC(=O)/C(=C/c3cc(Cl)ccc3O)S2)cc1Cl. The second kappa shape index (κ2) is 6.89. The lowest BCUT2D eigenvalue weighted by Gasteiger charge is -2.00. The van der Waals surface area contributed by atoms with Crippen molar-refractivity contribution in [1.82, 2.24) is 5.32 Å². The number of hydrogen-bond acceptors (Lipinski definition) is 4. The summed E-state index contributed by atoms with van der Waals surface area (Å²) in [4.78, 5) is 16.9. The van der Waals surface area contributed by atoms with Crippen molar-refractivity contribution in [1.29, 1.82) is 0 Å². The molecule has 2 aromatic rings. The van der Waals surface area contributed by atoms with E-state index in [9.17, 15) is 9.90 Å². The molecule has 2 N–H and O–H groups in total. The van der Waals surface area contributed by atoms with E-state index in [0.717, 1.165) is 5.56 Å². The number of aryl methyl sites for hydroxylation is 1. The van der Waals surface area contributed by atoms with Gasteiger partial charge < -0.3 is 10.4 Å². The van der Waals surface area contributed by atoms with E-state index < -0.39 is 0 Å². The van der Waals surface area contributed by atoms with Crippen molar-refractivity contribution in [2.24, 2.45) is 4.99 Å². The first kappa shape index (κ1) is 16.9. The molecular weight excluding hydrogens is 367 g/mol. The number of aliphatic imine (C=N–C) groups is 1. The Morgan fingerprint density at radius 1 is 1.21 bits per heavy atom. The predicted octanol–water partition coefficient (Wildman–Crippen LogP) is 4.90. The maximum atomic E-state index is 12.1. The van der Waals surface area contributed by atoms with Gasteiger partial charge in [-0.15, -0.1) is 0 Å². The molecule has 0 atom stereocenters. The number of amidine groups is 1. The molecule has 0 bridgehead atoms. The van der Waals surface area contributed by atoms with E-state index in [1.165, 1.54) is 17.8 Å². The van der Waals surface area contributed by atoms with Crippen LogP contribution in [-0.2, 0) is 4.79 Å². The van der Waals surface area contributed by atoms with Crippen LogP contribution in [0.2, 0.25) is 10.0 Å². The molecule has 7 heteroatoms. The van der Waals surface area contributed by atoms with Crippen LogP contribution in [-0.4, -0.2) is 16.2 Å². The van der Waals surface area contributed by atoms with Crippen LogP contribution in [0.3, 0.4) is 0 Å². The molecule has 1 fully saturated rings. The van der Waals surface area contributed by atoms with Crippen LogP contribution in [0, 0.1) is 6.92 Å². The molecule has 0 unspecified atom stereocenters. The van der Waals surface area contributed by atoms with Gasteiger partial charge in [-0.1, -0.05) is 29.3 Å². The number of carbonyl (C=O) groups excluding carboxylic acids is 1. The molecule has 2 aromatic carbocycles. The fourth-order valence-electron chi connectivity index (χ4n) is 2.03. The van der Waals surface area contributed by atoms with E-state index in [0.29, 0.717) is 31.4 Å². The molecule has 122 valence electrons. The second-order valence-electron chi connectivity index (χ2n) is 5.12. The van der Waals surface area contributed by atoms with E-state index in [1.54, 1.807) is 24.3 Å². The Morgan fingerprint density at radius 3 is 2.75 bits per heavy atom. The maximum absolute atomic E-state index is 12.1. The highest BCUT2D eigenvalue weighted by atomic mass is 35.5. The summed E-state index contributed by atoms with van der Waals surface area (Å²) >= 11 is 13.2. The number of hydrogen-bond donors (Lipinski definition) is 2. The van der Waals surface area contributed by atoms with Crippen LogP contribution in [0.25, 0.3) is 6.08 Å². The monoisotopic (exact) mass is 378 g/mol. The molecule has 1 heterocycles. The zero-order valence-electron chi connectivity index (χ0n) is 12.5. The number of aromatic hydroxyl groups is 1. The summed E-state index contributed by atoms with van der Waals surface area (Å²) in [6.07, 6.45) is 1.58. The van der Waals surface area contributed by atoms with Crippen molar-refractivity contribution in [3.63, 3.8) is 0 Å². The lowest BCUT2D eigenvalue weighted by molar-refractivity contribution is -0.115. The number of amides is 1. The highest BCUT2D eigenvalue weighted by Crippen LogP contribution is 2.32. The van der Waals surface area contributed by atoms with Gasteiger partial charge in [0.2, 0.25) is 0 Å². The number of carbonyl (C=O) groups is 1. The minimum absolute atomic E-state index is 0.0519. The smallest absolute Gasteiger partial charge is 0.264 e. The number of phenols is 1. The largest absolute Gasteiger partial charge is 0.507 e. The molecule has 1 aliphatic rings. The lowest BCUT2D eigenvalue weighted by atomic mass is 10.2. The van der Waals surface area contributed by atoms with Crippen LogP contribution >= 0.6 is 35.0 Å². The van der Waals surface area contributed by atoms with Gasteiger partial charge in [-0.25, -0.2) is 4.99 Å². The fraction of sp³-hybridized carbons (Fsp3) is 0.0588. The van der Waals surface area contributed by atoms with Crippen molar-refractivity contribution in [2.75, 3.05) is 0 Å². The summed E-state index contributed by atoms with van der Waals surface area (Å²) in [6.45, 7) is 1.91. The summed E-state index contributed by atoms with van der Waals surface area (Å²) in [5.74, 6) is -0.229. The average molecular weight is 379 g/mol. The van der Waals surface area contributed by atoms with Gasteiger partial charge in [0.05, 0.1) is 10.6 Å². The van der Waals surface area contributed by atoms with Crippen LogP contribution in [0.4, 0.5) is 5.69 Å². The quantitative estimate of drug-likeness (QED) is 0.730. The number of thioether (sulfide) groups is 1. The van der Waals surface area contributed by atoms with E-state index in [-0.39, 0.29) is 11.7 Å². The van der Waals surface area contributed by atoms with E-state index in [2.05, 4.69) is 10.3 Å². The Labute approximate surface area is 153 Å². The van der Waals surface area contributed by atoms with Crippen LogP contribution < -0.4 is 5.32 Å². The molecule has 4 nitrogen and oxygen atoms in total. The van der Waals surface area contributed by atoms with Crippen molar-refractivity contribution in [3.05, 3.63) is 62.5 Å². The van der Waals surface area contributed by atoms with Gasteiger partial charge in [-0.05, 0) is 60.7 Å². The number of halogens is 2. The minimum atomic E-state index is -0.281. The van der Waals surface area contributed by atoms with E-state index in [1.807, 2.05) is 19.1 Å². The van der Waals surface area contributed by atoms with Gasteiger partial charge in [0.25, 0.3) is 5.91 Å². The molecular formula is C17H12Cl2N2O2S. The van der Waals surface area contributed by atoms with Crippen molar-refractivity contribution < 1.29 is 9.90 Å². The summed E-state index contributed by atoms with van der Waals surface area (Å²) in [5, 5.41) is 14.1. The predicted molar refractivity (Wildman–Crippen MR) is 100 cm³/mol. The fourth-order valence-corrected chi connectivity index (χ4v) is 3.22. The molecule has 1 amide bonds. The number of nitrogens with zero attached hydrogens (tertiary/aromatic N) is 1. The molecule has 0 saturated carbocycles. The third-order valence-corrected chi connectivity index (χ3v) is 4.87. The molecule has 24 heavy (non-hydrogen) atoms. The summed E-state index contributed by atoms with van der Waals surface area (Å²) in [6, 6.07) is 10.1. The summed E-state index contributed by atoms with van der Waals surface area (Å²) in [5.41, 5.74) is 2.08. The van der Waals surface area contributed by atoms with Crippen molar-refractivity contribution in [3.8, 4) is 5.75 Å². The van der Waals surface area contributed by atoms with Gasteiger partial charge in [0, 0.05) is 15.6 Å². The Morgan fingerprint density at radius 2 is 2.00 bits per heavy atom. The maximum Gasteiger partial charge on any atom is 0.264 e. The highest BCUT2D eigenvalue weighted by Gasteiger charge is 2.24. The molecule has 1 aliphatic heterocycles. The third-order valence-electron chi connectivity index (χ3n) is 3.31. The molecule has 0 radical (unpaired) electrons. The zero-order chi connectivity index (χ0) is 17.3. The molecule has 0 aromatic heterocycles. The average Bonchev–Trinajstić information content (AvgIpc) is 2.86. The summed E-state index contributed by atoms with van der Waals surface area (Å²) < 4.78 is 0. The van der Waals surface area contributed by atoms with E-state index in [4.69, 9.17) is 23.2 Å². The molecule has 0 aliphatic carbocycles. The molecule has 3 rings (SSSR count). The Bertz CT molecular complexity index is 894. The lowest BCUT2D eigenvalue weighted by Crippen LogP contribution is -2.19. The Hall–Kier alpha value is -1.95. The number of rotatable bonds is 2. The van der Waals surface area contributed by atoms with Gasteiger partial charge in [-0.3, -0.25) is 4.79 Å². The third kappa shape index (κ3) is 3.75. The van der Waals surface area contributed by atoms with Crippen molar-refractivity contribution >= 4 is 57.8 Å². The standard InChI is InChI=1S/C17H12Cl2N2O2S/c1-9-2-4-12(8-13(9)19)20-17-21-16(23)15(24-17)7-10-6-11(18)3-5-14(10)22/h2-8,22H,1H3,(H,20,21,23)/b15-7-. The zero-order valence-corrected chi connectivity index (χ0v) is 14.8.